The van der Waals surface area contributed by atoms with Gasteiger partial charge in [-0.15, -0.1) is 0 Å². The van der Waals surface area contributed by atoms with Gasteiger partial charge in [0.15, 0.2) is 11.6 Å². The molecule has 0 aromatic heterocycles. The van der Waals surface area contributed by atoms with E-state index in [-0.39, 0.29) is 30.7 Å². The van der Waals surface area contributed by atoms with Crippen LogP contribution in [-0.2, 0) is 4.79 Å². The summed E-state index contributed by atoms with van der Waals surface area (Å²) in [6, 6.07) is 6.32. The molecule has 17 heavy (non-hydrogen) atoms. The molecule has 1 amide bonds. The minimum absolute atomic E-state index is 0.0734. The number of halogens is 1. The van der Waals surface area contributed by atoms with Gasteiger partial charge in [-0.2, -0.15) is 0 Å². The molecule has 0 saturated heterocycles. The first-order chi connectivity index (χ1) is 8.13. The first-order valence-electron chi connectivity index (χ1n) is 5.80. The Balaban J connectivity index is 2.29. The van der Waals surface area contributed by atoms with Crippen molar-refractivity contribution in [1.82, 2.24) is 5.32 Å². The van der Waals surface area contributed by atoms with Gasteiger partial charge in [-0.25, -0.2) is 4.39 Å². The molecule has 1 atom stereocenters. The van der Waals surface area contributed by atoms with E-state index in [2.05, 4.69) is 5.32 Å². The standard InChI is InChI=1S/C13H18FNO2/c1-3-10(2)15-13(16)8-9-17-12-7-5-4-6-11(12)14/h4-7,10H,3,8-9H2,1-2H3,(H,15,16)/t10-/m1/s1. The van der Waals surface area contributed by atoms with E-state index in [0.29, 0.717) is 0 Å². The second-order valence-electron chi connectivity index (χ2n) is 3.91. The largest absolute Gasteiger partial charge is 0.490 e. The van der Waals surface area contributed by atoms with Crippen LogP contribution in [0.5, 0.6) is 5.75 Å². The lowest BCUT2D eigenvalue weighted by Gasteiger charge is -2.11. The number of carbonyl (C=O) groups excluding carboxylic acids is 1. The van der Waals surface area contributed by atoms with Gasteiger partial charge in [0.25, 0.3) is 0 Å². The lowest BCUT2D eigenvalue weighted by atomic mass is 10.2. The molecule has 0 spiro atoms. The predicted octanol–water partition coefficient (Wildman–Crippen LogP) is 2.51. The zero-order chi connectivity index (χ0) is 12.7. The fourth-order valence-electron chi connectivity index (χ4n) is 1.26. The molecule has 94 valence electrons. The number of para-hydroxylation sites is 1. The van der Waals surface area contributed by atoms with Crippen LogP contribution < -0.4 is 10.1 Å². The first-order valence-corrected chi connectivity index (χ1v) is 5.80. The molecule has 3 nitrogen and oxygen atoms in total. The molecular formula is C13H18FNO2. The number of ether oxygens (including phenoxy) is 1. The quantitative estimate of drug-likeness (QED) is 0.828. The van der Waals surface area contributed by atoms with E-state index in [1.54, 1.807) is 18.2 Å². The normalized spacial score (nSPS) is 11.9. The molecule has 0 heterocycles. The lowest BCUT2D eigenvalue weighted by molar-refractivity contribution is -0.122. The van der Waals surface area contributed by atoms with Gasteiger partial charge in [0.05, 0.1) is 13.0 Å². The number of hydrogen-bond acceptors (Lipinski definition) is 2. The predicted molar refractivity (Wildman–Crippen MR) is 64.4 cm³/mol. The summed E-state index contributed by atoms with van der Waals surface area (Å²) < 4.78 is 18.3. The van der Waals surface area contributed by atoms with E-state index in [1.165, 1.54) is 6.07 Å². The maximum Gasteiger partial charge on any atom is 0.223 e. The van der Waals surface area contributed by atoms with Crippen molar-refractivity contribution in [2.45, 2.75) is 32.7 Å². The van der Waals surface area contributed by atoms with Gasteiger partial charge in [-0.3, -0.25) is 4.79 Å². The van der Waals surface area contributed by atoms with Crippen molar-refractivity contribution in [2.24, 2.45) is 0 Å². The van der Waals surface area contributed by atoms with Gasteiger partial charge < -0.3 is 10.1 Å². The zero-order valence-electron chi connectivity index (χ0n) is 10.2. The van der Waals surface area contributed by atoms with Crippen LogP contribution in [0.3, 0.4) is 0 Å². The van der Waals surface area contributed by atoms with Crippen molar-refractivity contribution < 1.29 is 13.9 Å². The monoisotopic (exact) mass is 239 g/mol. The third-order valence-electron chi connectivity index (χ3n) is 2.44. The van der Waals surface area contributed by atoms with E-state index in [0.717, 1.165) is 6.42 Å². The zero-order valence-corrected chi connectivity index (χ0v) is 10.2. The summed E-state index contributed by atoms with van der Waals surface area (Å²) in [6.45, 7) is 4.12. The first kappa shape index (κ1) is 13.5. The lowest BCUT2D eigenvalue weighted by Crippen LogP contribution is -2.32. The number of carbonyl (C=O) groups is 1. The Morgan fingerprint density at radius 1 is 1.47 bits per heavy atom. The summed E-state index contributed by atoms with van der Waals surface area (Å²) >= 11 is 0. The maximum atomic E-state index is 13.2. The molecule has 0 saturated carbocycles. The van der Waals surface area contributed by atoms with Crippen LogP contribution >= 0.6 is 0 Å². The third kappa shape index (κ3) is 4.85. The van der Waals surface area contributed by atoms with Crippen LogP contribution in [0.15, 0.2) is 24.3 Å². The van der Waals surface area contributed by atoms with Gasteiger partial charge >= 0.3 is 0 Å². The van der Waals surface area contributed by atoms with Crippen molar-refractivity contribution in [3.8, 4) is 5.75 Å². The van der Waals surface area contributed by atoms with Gasteiger partial charge in [0, 0.05) is 6.04 Å². The second-order valence-corrected chi connectivity index (χ2v) is 3.91. The molecule has 0 radical (unpaired) electrons. The molecule has 1 aromatic carbocycles. The number of amides is 1. The number of hydrogen-bond donors (Lipinski definition) is 1. The van der Waals surface area contributed by atoms with Crippen molar-refractivity contribution >= 4 is 5.91 Å². The Bertz CT molecular complexity index is 368. The summed E-state index contributed by atoms with van der Waals surface area (Å²) in [6.07, 6.45) is 1.12. The minimum Gasteiger partial charge on any atom is -0.490 e. The fraction of sp³-hybridized carbons (Fsp3) is 0.462. The summed E-state index contributed by atoms with van der Waals surface area (Å²) in [7, 11) is 0. The highest BCUT2D eigenvalue weighted by atomic mass is 19.1. The Kier molecular flexibility index (Phi) is 5.46. The molecule has 0 aliphatic carbocycles. The van der Waals surface area contributed by atoms with Gasteiger partial charge in [-0.1, -0.05) is 19.1 Å². The molecule has 1 aromatic rings. The van der Waals surface area contributed by atoms with Crippen LogP contribution in [0, 0.1) is 5.82 Å². The van der Waals surface area contributed by atoms with E-state index >= 15 is 0 Å². The Labute approximate surface area is 101 Å². The topological polar surface area (TPSA) is 38.3 Å². The molecule has 0 bridgehead atoms. The summed E-state index contributed by atoms with van der Waals surface area (Å²) in [5.41, 5.74) is 0. The van der Waals surface area contributed by atoms with E-state index < -0.39 is 5.82 Å². The molecule has 0 fully saturated rings. The van der Waals surface area contributed by atoms with Crippen molar-refractivity contribution in [1.29, 1.82) is 0 Å². The Morgan fingerprint density at radius 2 is 2.18 bits per heavy atom. The molecule has 1 rings (SSSR count). The highest BCUT2D eigenvalue weighted by Gasteiger charge is 2.06. The molecule has 1 N–H and O–H groups in total. The Hall–Kier alpha value is -1.58. The minimum atomic E-state index is -0.408. The van der Waals surface area contributed by atoms with Crippen LogP contribution in [0.4, 0.5) is 4.39 Å². The maximum absolute atomic E-state index is 13.2. The smallest absolute Gasteiger partial charge is 0.223 e. The highest BCUT2D eigenvalue weighted by molar-refractivity contribution is 5.76. The highest BCUT2D eigenvalue weighted by Crippen LogP contribution is 2.15. The Morgan fingerprint density at radius 3 is 2.82 bits per heavy atom. The average Bonchev–Trinajstić information content (AvgIpc) is 2.31. The van der Waals surface area contributed by atoms with Gasteiger partial charge in [0.1, 0.15) is 0 Å². The van der Waals surface area contributed by atoms with Crippen LogP contribution in [0.25, 0.3) is 0 Å². The van der Waals surface area contributed by atoms with E-state index in [9.17, 15) is 9.18 Å². The van der Waals surface area contributed by atoms with Crippen LogP contribution in [0.2, 0.25) is 0 Å². The molecule has 4 heteroatoms. The van der Waals surface area contributed by atoms with Crippen molar-refractivity contribution in [3.05, 3.63) is 30.1 Å². The summed E-state index contributed by atoms with van der Waals surface area (Å²) in [5, 5.41) is 2.82. The number of nitrogens with one attached hydrogen (secondary N) is 1. The number of rotatable bonds is 6. The van der Waals surface area contributed by atoms with Crippen LogP contribution in [0.1, 0.15) is 26.7 Å². The van der Waals surface area contributed by atoms with E-state index in [1.807, 2.05) is 13.8 Å². The van der Waals surface area contributed by atoms with Gasteiger partial charge in [0.2, 0.25) is 5.91 Å². The number of benzene rings is 1. The fourth-order valence-corrected chi connectivity index (χ4v) is 1.26. The molecular weight excluding hydrogens is 221 g/mol. The second kappa shape index (κ2) is 6.89. The van der Waals surface area contributed by atoms with Crippen LogP contribution in [-0.4, -0.2) is 18.6 Å². The average molecular weight is 239 g/mol. The van der Waals surface area contributed by atoms with Crippen molar-refractivity contribution in [2.75, 3.05) is 6.61 Å². The molecule has 0 aliphatic rings. The SMILES string of the molecule is CC[C@@H](C)NC(=O)CCOc1ccccc1F. The van der Waals surface area contributed by atoms with E-state index in [4.69, 9.17) is 4.74 Å². The molecule has 0 unspecified atom stereocenters. The summed E-state index contributed by atoms with van der Waals surface area (Å²) in [5.74, 6) is -0.297. The van der Waals surface area contributed by atoms with Gasteiger partial charge in [-0.05, 0) is 25.5 Å². The summed E-state index contributed by atoms with van der Waals surface area (Å²) in [4.78, 5) is 11.4. The van der Waals surface area contributed by atoms with Crippen molar-refractivity contribution in [3.63, 3.8) is 0 Å². The third-order valence-corrected chi connectivity index (χ3v) is 2.44. The molecule has 0 aliphatic heterocycles.